The largest absolute Gasteiger partial charge is 0.472 e. The molecule has 162 valence electrons. The first-order chi connectivity index (χ1) is 13.8. The first kappa shape index (κ1) is 21.8. The zero-order chi connectivity index (χ0) is 21.0. The minimum atomic E-state index is -0.741. The molecule has 3 rings (SSSR count). The Morgan fingerprint density at radius 2 is 2.00 bits per heavy atom. The standard InChI is InChI=1S/C22H36N4O3/c1-17(2)5-9-22(20(27)26(21(28)23-22)13-12-24(3)4)19-6-10-25(11-7-19)15-18-8-14-29-16-18/h8,14,16-17,19H,5-7,9-13,15H2,1-4H3,(H,23,28). The lowest BCUT2D eigenvalue weighted by atomic mass is 9.74. The van der Waals surface area contributed by atoms with Gasteiger partial charge in [-0.3, -0.25) is 14.6 Å². The number of likely N-dealkylation sites (tertiary alicyclic amines) is 1. The van der Waals surface area contributed by atoms with Crippen LogP contribution >= 0.6 is 0 Å². The summed E-state index contributed by atoms with van der Waals surface area (Å²) in [6.45, 7) is 8.21. The number of urea groups is 1. The third-order valence-electron chi connectivity index (χ3n) is 6.36. The molecule has 0 aromatic carbocycles. The fourth-order valence-corrected chi connectivity index (χ4v) is 4.54. The van der Waals surface area contributed by atoms with Gasteiger partial charge in [-0.2, -0.15) is 0 Å². The quantitative estimate of drug-likeness (QED) is 0.641. The van der Waals surface area contributed by atoms with Crippen LogP contribution in [0.3, 0.4) is 0 Å². The lowest BCUT2D eigenvalue weighted by Gasteiger charge is -2.41. The molecule has 2 fully saturated rings. The van der Waals surface area contributed by atoms with Crippen molar-refractivity contribution in [2.45, 2.75) is 51.6 Å². The summed E-state index contributed by atoms with van der Waals surface area (Å²) in [7, 11) is 3.92. The van der Waals surface area contributed by atoms with Crippen LogP contribution < -0.4 is 5.32 Å². The van der Waals surface area contributed by atoms with Gasteiger partial charge in [-0.1, -0.05) is 13.8 Å². The molecule has 7 nitrogen and oxygen atoms in total. The summed E-state index contributed by atoms with van der Waals surface area (Å²) in [6, 6.07) is 1.78. The summed E-state index contributed by atoms with van der Waals surface area (Å²) >= 11 is 0. The van der Waals surface area contributed by atoms with Gasteiger partial charge in [0.2, 0.25) is 0 Å². The maximum Gasteiger partial charge on any atom is 0.325 e. The van der Waals surface area contributed by atoms with Gasteiger partial charge in [0.25, 0.3) is 5.91 Å². The van der Waals surface area contributed by atoms with E-state index in [0.29, 0.717) is 19.0 Å². The Morgan fingerprint density at radius 1 is 1.28 bits per heavy atom. The van der Waals surface area contributed by atoms with Crippen molar-refractivity contribution in [2.24, 2.45) is 11.8 Å². The molecular weight excluding hydrogens is 368 g/mol. The highest BCUT2D eigenvalue weighted by molar-refractivity contribution is 6.07. The van der Waals surface area contributed by atoms with Crippen LogP contribution in [-0.2, 0) is 11.3 Å². The van der Waals surface area contributed by atoms with E-state index < -0.39 is 5.54 Å². The van der Waals surface area contributed by atoms with E-state index in [4.69, 9.17) is 4.42 Å². The number of rotatable bonds is 9. The molecule has 7 heteroatoms. The summed E-state index contributed by atoms with van der Waals surface area (Å²) in [5.41, 5.74) is 0.438. The van der Waals surface area contributed by atoms with Crippen LogP contribution in [0.25, 0.3) is 0 Å². The number of imide groups is 1. The number of furan rings is 1. The summed E-state index contributed by atoms with van der Waals surface area (Å²) in [6.07, 6.45) is 6.99. The molecule has 3 heterocycles. The van der Waals surface area contributed by atoms with E-state index in [2.05, 4.69) is 24.1 Å². The second-order valence-electron chi connectivity index (χ2n) is 9.28. The highest BCUT2D eigenvalue weighted by Gasteiger charge is 2.55. The van der Waals surface area contributed by atoms with Gasteiger partial charge in [-0.05, 0) is 70.8 Å². The fraction of sp³-hybridized carbons (Fsp3) is 0.727. The van der Waals surface area contributed by atoms with E-state index in [-0.39, 0.29) is 17.9 Å². The summed E-state index contributed by atoms with van der Waals surface area (Å²) in [5.74, 6) is 0.662. The van der Waals surface area contributed by atoms with Gasteiger partial charge < -0.3 is 14.6 Å². The Kier molecular flexibility index (Phi) is 7.01. The van der Waals surface area contributed by atoms with Gasteiger partial charge >= 0.3 is 6.03 Å². The Bertz CT molecular complexity index is 680. The van der Waals surface area contributed by atoms with Crippen molar-refractivity contribution >= 4 is 11.9 Å². The van der Waals surface area contributed by atoms with Crippen molar-refractivity contribution in [3.05, 3.63) is 24.2 Å². The molecule has 0 bridgehead atoms. The molecule has 2 saturated heterocycles. The molecule has 0 spiro atoms. The van der Waals surface area contributed by atoms with Crippen LogP contribution in [0.2, 0.25) is 0 Å². The van der Waals surface area contributed by atoms with E-state index in [0.717, 1.165) is 45.3 Å². The molecule has 1 atom stereocenters. The molecule has 0 aliphatic carbocycles. The molecule has 0 radical (unpaired) electrons. The van der Waals surface area contributed by atoms with Crippen LogP contribution in [0, 0.1) is 11.8 Å². The third kappa shape index (κ3) is 5.01. The van der Waals surface area contributed by atoms with Crippen molar-refractivity contribution in [3.63, 3.8) is 0 Å². The average Bonchev–Trinajstić information content (AvgIpc) is 3.26. The molecule has 0 saturated carbocycles. The number of nitrogens with zero attached hydrogens (tertiary/aromatic N) is 3. The maximum atomic E-state index is 13.5. The zero-order valence-electron chi connectivity index (χ0n) is 18.3. The minimum absolute atomic E-state index is 0.0155. The summed E-state index contributed by atoms with van der Waals surface area (Å²) < 4.78 is 5.18. The highest BCUT2D eigenvalue weighted by Crippen LogP contribution is 2.38. The number of carbonyl (C=O) groups excluding carboxylic acids is 2. The zero-order valence-corrected chi connectivity index (χ0v) is 18.3. The first-order valence-corrected chi connectivity index (χ1v) is 10.8. The van der Waals surface area contributed by atoms with Gasteiger partial charge in [-0.25, -0.2) is 4.79 Å². The van der Waals surface area contributed by atoms with Crippen LogP contribution in [0.1, 0.15) is 45.1 Å². The van der Waals surface area contributed by atoms with Crippen LogP contribution in [0.15, 0.2) is 23.0 Å². The molecule has 2 aliphatic heterocycles. The third-order valence-corrected chi connectivity index (χ3v) is 6.36. The van der Waals surface area contributed by atoms with E-state index in [1.165, 1.54) is 10.5 Å². The van der Waals surface area contributed by atoms with Crippen LogP contribution in [-0.4, -0.2) is 72.5 Å². The number of likely N-dealkylation sites (N-methyl/N-ethyl adjacent to an activating group) is 1. The average molecular weight is 405 g/mol. The van der Waals surface area contributed by atoms with Crippen molar-refractivity contribution in [2.75, 3.05) is 40.3 Å². The van der Waals surface area contributed by atoms with Crippen molar-refractivity contribution in [1.82, 2.24) is 20.0 Å². The smallest absolute Gasteiger partial charge is 0.325 e. The fourth-order valence-electron chi connectivity index (χ4n) is 4.54. The molecule has 1 aromatic rings. The van der Waals surface area contributed by atoms with E-state index >= 15 is 0 Å². The molecule has 2 aliphatic rings. The van der Waals surface area contributed by atoms with Crippen molar-refractivity contribution < 1.29 is 14.0 Å². The Balaban J connectivity index is 1.70. The monoisotopic (exact) mass is 404 g/mol. The SMILES string of the molecule is CC(C)CCC1(C2CCN(Cc3ccoc3)CC2)NC(=O)N(CCN(C)C)C1=O. The van der Waals surface area contributed by atoms with Crippen LogP contribution in [0.4, 0.5) is 4.79 Å². The lowest BCUT2D eigenvalue weighted by Crippen LogP contribution is -2.56. The molecule has 1 unspecified atom stereocenters. The Hall–Kier alpha value is -1.86. The van der Waals surface area contributed by atoms with Crippen molar-refractivity contribution in [1.29, 1.82) is 0 Å². The summed E-state index contributed by atoms with van der Waals surface area (Å²) in [5, 5.41) is 3.16. The topological polar surface area (TPSA) is 69.0 Å². The summed E-state index contributed by atoms with van der Waals surface area (Å²) in [4.78, 5) is 32.1. The predicted molar refractivity (Wildman–Crippen MR) is 112 cm³/mol. The van der Waals surface area contributed by atoms with Gasteiger partial charge in [0.15, 0.2) is 0 Å². The van der Waals surface area contributed by atoms with Crippen molar-refractivity contribution in [3.8, 4) is 0 Å². The molecule has 29 heavy (non-hydrogen) atoms. The Labute approximate surface area is 174 Å². The maximum absolute atomic E-state index is 13.5. The lowest BCUT2D eigenvalue weighted by molar-refractivity contribution is -0.134. The molecule has 3 amide bonds. The first-order valence-electron chi connectivity index (χ1n) is 10.8. The van der Waals surface area contributed by atoms with Crippen LogP contribution in [0.5, 0.6) is 0 Å². The highest BCUT2D eigenvalue weighted by atomic mass is 16.3. The van der Waals surface area contributed by atoms with Gasteiger partial charge in [0.1, 0.15) is 5.54 Å². The molecule has 1 aromatic heterocycles. The van der Waals surface area contributed by atoms with E-state index in [9.17, 15) is 9.59 Å². The number of nitrogens with one attached hydrogen (secondary N) is 1. The van der Waals surface area contributed by atoms with E-state index in [1.54, 1.807) is 12.5 Å². The second kappa shape index (κ2) is 9.30. The second-order valence-corrected chi connectivity index (χ2v) is 9.28. The number of piperidine rings is 1. The van der Waals surface area contributed by atoms with E-state index in [1.807, 2.05) is 25.1 Å². The molecule has 1 N–H and O–H groups in total. The predicted octanol–water partition coefficient (Wildman–Crippen LogP) is 2.78. The molecular formula is C22H36N4O3. The normalized spacial score (nSPS) is 24.1. The minimum Gasteiger partial charge on any atom is -0.472 e. The number of hydrogen-bond acceptors (Lipinski definition) is 5. The van der Waals surface area contributed by atoms with Gasteiger partial charge in [0.05, 0.1) is 12.5 Å². The Morgan fingerprint density at radius 3 is 2.59 bits per heavy atom. The number of amides is 3. The van der Waals surface area contributed by atoms with Gasteiger partial charge in [-0.15, -0.1) is 0 Å². The number of carbonyl (C=O) groups is 2. The number of hydrogen-bond donors (Lipinski definition) is 1. The van der Waals surface area contributed by atoms with Gasteiger partial charge in [0, 0.05) is 25.2 Å².